The number of hydrogen-bond donors (Lipinski definition) is 1. The molecule has 1 N–H and O–H groups in total. The van der Waals surface area contributed by atoms with E-state index in [1.165, 1.54) is 30.6 Å². The van der Waals surface area contributed by atoms with E-state index in [4.69, 9.17) is 4.74 Å². The van der Waals surface area contributed by atoms with Crippen LogP contribution in [-0.4, -0.2) is 19.0 Å². The lowest BCUT2D eigenvalue weighted by atomic mass is 9.95. The molecule has 1 aromatic carbocycles. The Morgan fingerprint density at radius 1 is 1.17 bits per heavy atom. The Kier molecular flexibility index (Phi) is 4.85. The zero-order valence-corrected chi connectivity index (χ0v) is 14.2. The van der Waals surface area contributed by atoms with Crippen LogP contribution < -0.4 is 5.32 Å². The SMILES string of the molecule is COC(=O)c1c(-c2ccc(F)cc2)csc1NC(=O)C(C)(C)C. The average Bonchev–Trinajstić information content (AvgIpc) is 2.90. The third kappa shape index (κ3) is 3.76. The van der Waals surface area contributed by atoms with Crippen LogP contribution in [-0.2, 0) is 9.53 Å². The lowest BCUT2D eigenvalue weighted by molar-refractivity contribution is -0.123. The summed E-state index contributed by atoms with van der Waals surface area (Å²) in [5, 5.41) is 4.95. The number of esters is 1. The van der Waals surface area contributed by atoms with Crippen LogP contribution in [0, 0.1) is 11.2 Å². The molecule has 1 amide bonds. The Balaban J connectivity index is 2.47. The Morgan fingerprint density at radius 3 is 2.30 bits per heavy atom. The summed E-state index contributed by atoms with van der Waals surface area (Å²) in [6, 6.07) is 5.81. The van der Waals surface area contributed by atoms with E-state index in [0.717, 1.165) is 0 Å². The first kappa shape index (κ1) is 17.1. The van der Waals surface area contributed by atoms with E-state index >= 15 is 0 Å². The highest BCUT2D eigenvalue weighted by atomic mass is 32.1. The standard InChI is InChI=1S/C17H18FNO3S/c1-17(2,3)16(21)19-14-13(15(20)22-4)12(9-23-14)10-5-7-11(18)8-6-10/h5-9H,1-4H3,(H,19,21). The summed E-state index contributed by atoms with van der Waals surface area (Å²) < 4.78 is 17.9. The van der Waals surface area contributed by atoms with Crippen LogP contribution in [0.4, 0.5) is 9.39 Å². The lowest BCUT2D eigenvalue weighted by Gasteiger charge is -2.17. The van der Waals surface area contributed by atoms with Crippen molar-refractivity contribution in [2.24, 2.45) is 5.41 Å². The first-order chi connectivity index (χ1) is 10.7. The van der Waals surface area contributed by atoms with E-state index in [1.54, 1.807) is 38.3 Å². The molecule has 0 unspecified atom stereocenters. The number of rotatable bonds is 3. The second-order valence-electron chi connectivity index (χ2n) is 6.06. The number of carbonyl (C=O) groups excluding carboxylic acids is 2. The molecule has 0 fully saturated rings. The summed E-state index contributed by atoms with van der Waals surface area (Å²) in [5.74, 6) is -1.10. The number of benzene rings is 1. The molecule has 1 heterocycles. The quantitative estimate of drug-likeness (QED) is 0.850. The van der Waals surface area contributed by atoms with Crippen molar-refractivity contribution >= 4 is 28.2 Å². The van der Waals surface area contributed by atoms with Gasteiger partial charge in [0.05, 0.1) is 7.11 Å². The molecule has 0 aliphatic rings. The monoisotopic (exact) mass is 335 g/mol. The molecule has 0 aliphatic carbocycles. The van der Waals surface area contributed by atoms with E-state index in [-0.39, 0.29) is 17.3 Å². The molecule has 23 heavy (non-hydrogen) atoms. The molecule has 1 aromatic heterocycles. The molecule has 0 saturated heterocycles. The van der Waals surface area contributed by atoms with Crippen molar-refractivity contribution in [1.82, 2.24) is 0 Å². The number of anilines is 1. The van der Waals surface area contributed by atoms with Crippen molar-refractivity contribution in [3.63, 3.8) is 0 Å². The van der Waals surface area contributed by atoms with Gasteiger partial charge in [0.2, 0.25) is 5.91 Å². The van der Waals surface area contributed by atoms with Crippen LogP contribution in [0.3, 0.4) is 0 Å². The number of ether oxygens (including phenoxy) is 1. The van der Waals surface area contributed by atoms with Gasteiger partial charge in [0, 0.05) is 16.4 Å². The lowest BCUT2D eigenvalue weighted by Crippen LogP contribution is -2.28. The fraction of sp³-hybridized carbons (Fsp3) is 0.294. The van der Waals surface area contributed by atoms with Gasteiger partial charge in [-0.25, -0.2) is 9.18 Å². The number of amides is 1. The summed E-state index contributed by atoms with van der Waals surface area (Å²) in [7, 11) is 1.28. The minimum atomic E-state index is -0.590. The molecule has 2 rings (SSSR count). The van der Waals surface area contributed by atoms with Crippen molar-refractivity contribution in [3.8, 4) is 11.1 Å². The maximum absolute atomic E-state index is 13.1. The number of hydrogen-bond acceptors (Lipinski definition) is 4. The van der Waals surface area contributed by atoms with Crippen LogP contribution in [0.2, 0.25) is 0 Å². The highest BCUT2D eigenvalue weighted by molar-refractivity contribution is 7.15. The van der Waals surface area contributed by atoms with Crippen LogP contribution >= 0.6 is 11.3 Å². The normalized spacial score (nSPS) is 11.2. The maximum Gasteiger partial charge on any atom is 0.341 e. The zero-order chi connectivity index (χ0) is 17.2. The van der Waals surface area contributed by atoms with E-state index in [2.05, 4.69) is 5.32 Å². The van der Waals surface area contributed by atoms with Crippen LogP contribution in [0.15, 0.2) is 29.6 Å². The van der Waals surface area contributed by atoms with Gasteiger partial charge in [0.1, 0.15) is 16.4 Å². The topological polar surface area (TPSA) is 55.4 Å². The number of thiophene rings is 1. The molecule has 0 atom stereocenters. The van der Waals surface area contributed by atoms with Crippen LogP contribution in [0.25, 0.3) is 11.1 Å². The van der Waals surface area contributed by atoms with E-state index < -0.39 is 11.4 Å². The van der Waals surface area contributed by atoms with Gasteiger partial charge in [-0.3, -0.25) is 4.79 Å². The molecule has 0 bridgehead atoms. The van der Waals surface area contributed by atoms with Gasteiger partial charge in [0.15, 0.2) is 0 Å². The average molecular weight is 335 g/mol. The third-order valence-corrected chi connectivity index (χ3v) is 4.14. The summed E-state index contributed by atoms with van der Waals surface area (Å²) in [6.45, 7) is 5.36. The maximum atomic E-state index is 13.1. The van der Waals surface area contributed by atoms with E-state index in [9.17, 15) is 14.0 Å². The zero-order valence-electron chi connectivity index (χ0n) is 13.4. The molecule has 6 heteroatoms. The second kappa shape index (κ2) is 6.50. The van der Waals surface area contributed by atoms with Gasteiger partial charge in [-0.1, -0.05) is 32.9 Å². The van der Waals surface area contributed by atoms with Crippen molar-refractivity contribution in [1.29, 1.82) is 0 Å². The Morgan fingerprint density at radius 2 is 1.78 bits per heavy atom. The molecule has 0 spiro atoms. The highest BCUT2D eigenvalue weighted by Crippen LogP contribution is 2.37. The molecule has 2 aromatic rings. The van der Waals surface area contributed by atoms with Crippen molar-refractivity contribution < 1.29 is 18.7 Å². The fourth-order valence-corrected chi connectivity index (χ4v) is 2.84. The number of halogens is 1. The predicted octanol–water partition coefficient (Wildman–Crippen LogP) is 4.33. The largest absolute Gasteiger partial charge is 0.465 e. The fourth-order valence-electron chi connectivity index (χ4n) is 1.89. The van der Waals surface area contributed by atoms with Crippen molar-refractivity contribution in [3.05, 3.63) is 41.0 Å². The molecular weight excluding hydrogens is 317 g/mol. The number of methoxy groups -OCH3 is 1. The van der Waals surface area contributed by atoms with Crippen molar-refractivity contribution in [2.75, 3.05) is 12.4 Å². The number of carbonyl (C=O) groups is 2. The number of nitrogens with one attached hydrogen (secondary N) is 1. The Hall–Kier alpha value is -2.21. The summed E-state index contributed by atoms with van der Waals surface area (Å²) in [5.41, 5.74) is 0.972. The van der Waals surface area contributed by atoms with Crippen LogP contribution in [0.5, 0.6) is 0 Å². The molecule has 122 valence electrons. The highest BCUT2D eigenvalue weighted by Gasteiger charge is 2.26. The minimum Gasteiger partial charge on any atom is -0.465 e. The van der Waals surface area contributed by atoms with Gasteiger partial charge >= 0.3 is 5.97 Å². The molecular formula is C17H18FNO3S. The first-order valence-corrected chi connectivity index (χ1v) is 7.89. The second-order valence-corrected chi connectivity index (χ2v) is 6.94. The third-order valence-electron chi connectivity index (χ3n) is 3.24. The minimum absolute atomic E-state index is 0.199. The molecule has 4 nitrogen and oxygen atoms in total. The Labute approximate surface area is 138 Å². The summed E-state index contributed by atoms with van der Waals surface area (Å²) in [4.78, 5) is 24.3. The molecule has 0 saturated carbocycles. The predicted molar refractivity (Wildman–Crippen MR) is 89.1 cm³/mol. The van der Waals surface area contributed by atoms with E-state index in [0.29, 0.717) is 16.1 Å². The van der Waals surface area contributed by atoms with Gasteiger partial charge < -0.3 is 10.1 Å². The van der Waals surface area contributed by atoms with Gasteiger partial charge in [-0.15, -0.1) is 11.3 Å². The van der Waals surface area contributed by atoms with Gasteiger partial charge in [-0.05, 0) is 17.7 Å². The first-order valence-electron chi connectivity index (χ1n) is 7.01. The smallest absolute Gasteiger partial charge is 0.341 e. The molecule has 0 aliphatic heterocycles. The van der Waals surface area contributed by atoms with E-state index in [1.807, 2.05) is 0 Å². The van der Waals surface area contributed by atoms with Gasteiger partial charge in [-0.2, -0.15) is 0 Å². The van der Waals surface area contributed by atoms with Gasteiger partial charge in [0.25, 0.3) is 0 Å². The van der Waals surface area contributed by atoms with Crippen LogP contribution in [0.1, 0.15) is 31.1 Å². The van der Waals surface area contributed by atoms with Crippen molar-refractivity contribution in [2.45, 2.75) is 20.8 Å². The summed E-state index contributed by atoms with van der Waals surface area (Å²) >= 11 is 1.24. The molecule has 0 radical (unpaired) electrons. The summed E-state index contributed by atoms with van der Waals surface area (Å²) in [6.07, 6.45) is 0. The Bertz CT molecular complexity index is 729.